The molecule has 0 radical (unpaired) electrons. The molecule has 1 atom stereocenters. The van der Waals surface area contributed by atoms with E-state index in [1.54, 1.807) is 6.07 Å². The van der Waals surface area contributed by atoms with Crippen molar-refractivity contribution >= 4 is 0 Å². The number of nitrogens with one attached hydrogen (secondary N) is 1. The molecule has 1 aliphatic rings. The maximum Gasteiger partial charge on any atom is 0.179 e. The zero-order valence-corrected chi connectivity index (χ0v) is 10.5. The molecule has 2 aromatic rings. The van der Waals surface area contributed by atoms with E-state index in [1.165, 1.54) is 24.0 Å². The van der Waals surface area contributed by atoms with E-state index in [0.29, 0.717) is 17.3 Å². The maximum atomic E-state index is 13.3. The molecule has 100 valence electrons. The third-order valence-electron chi connectivity index (χ3n) is 3.21. The van der Waals surface area contributed by atoms with Crippen LogP contribution in [0.3, 0.4) is 0 Å². The minimum Gasteiger partial charge on any atom is -0.494 e. The number of halogens is 1. The number of hydrogen-bond acceptors (Lipinski definition) is 5. The molecule has 1 fully saturated rings. The highest BCUT2D eigenvalue weighted by Crippen LogP contribution is 2.23. The Labute approximate surface area is 109 Å². The van der Waals surface area contributed by atoms with E-state index in [9.17, 15) is 4.39 Å². The van der Waals surface area contributed by atoms with Crippen molar-refractivity contribution in [3.63, 3.8) is 0 Å². The summed E-state index contributed by atoms with van der Waals surface area (Å²) in [5.74, 6) is 1.09. The van der Waals surface area contributed by atoms with E-state index in [-0.39, 0.29) is 11.7 Å². The second kappa shape index (κ2) is 4.93. The molecule has 3 rings (SSSR count). The van der Waals surface area contributed by atoms with Crippen molar-refractivity contribution in [3.05, 3.63) is 29.8 Å². The van der Waals surface area contributed by atoms with Gasteiger partial charge in [0.05, 0.1) is 7.11 Å². The fourth-order valence-corrected chi connectivity index (χ4v) is 2.19. The quantitative estimate of drug-likeness (QED) is 0.890. The smallest absolute Gasteiger partial charge is 0.179 e. The third kappa shape index (κ3) is 2.28. The lowest BCUT2D eigenvalue weighted by Gasteiger charge is -2.06. The Morgan fingerprint density at radius 2 is 2.37 bits per heavy atom. The Bertz CT molecular complexity index is 579. The number of nitrogens with zero attached hydrogens (tertiary/aromatic N) is 4. The van der Waals surface area contributed by atoms with Crippen LogP contribution in [-0.4, -0.2) is 40.4 Å². The topological polar surface area (TPSA) is 64.9 Å². The van der Waals surface area contributed by atoms with Gasteiger partial charge in [-0.05, 0) is 30.3 Å². The van der Waals surface area contributed by atoms with Crippen LogP contribution in [0.4, 0.5) is 4.39 Å². The summed E-state index contributed by atoms with van der Waals surface area (Å²) < 4.78 is 18.5. The minimum atomic E-state index is -0.364. The van der Waals surface area contributed by atoms with Gasteiger partial charge in [-0.3, -0.25) is 0 Å². The summed E-state index contributed by atoms with van der Waals surface area (Å²) in [6, 6.07) is 4.21. The summed E-state index contributed by atoms with van der Waals surface area (Å²) in [4.78, 5) is 1.32. The summed E-state index contributed by atoms with van der Waals surface area (Å²) in [6.07, 6.45) is 0.992. The molecule has 1 saturated heterocycles. The molecule has 1 aromatic carbocycles. The highest BCUT2D eigenvalue weighted by Gasteiger charge is 2.22. The minimum absolute atomic E-state index is 0.272. The fraction of sp³-hybridized carbons (Fsp3) is 0.417. The van der Waals surface area contributed by atoms with E-state index in [0.717, 1.165) is 19.5 Å². The highest BCUT2D eigenvalue weighted by atomic mass is 19.1. The van der Waals surface area contributed by atoms with Crippen molar-refractivity contribution in [1.82, 2.24) is 25.5 Å². The number of rotatable bonds is 3. The van der Waals surface area contributed by atoms with Gasteiger partial charge in [0.2, 0.25) is 0 Å². The van der Waals surface area contributed by atoms with Crippen LogP contribution in [0.2, 0.25) is 0 Å². The SMILES string of the molecule is COc1ccc(F)cc1-n1nnc(C2CCNC2)n1. The highest BCUT2D eigenvalue weighted by molar-refractivity contribution is 5.45. The number of benzene rings is 1. The first-order chi connectivity index (χ1) is 9.28. The van der Waals surface area contributed by atoms with Gasteiger partial charge in [0.15, 0.2) is 5.82 Å². The Balaban J connectivity index is 1.95. The van der Waals surface area contributed by atoms with Crippen molar-refractivity contribution in [3.8, 4) is 11.4 Å². The number of methoxy groups -OCH3 is 1. The Morgan fingerprint density at radius 1 is 1.47 bits per heavy atom. The largest absolute Gasteiger partial charge is 0.494 e. The molecule has 6 nitrogen and oxygen atoms in total. The molecule has 0 aliphatic carbocycles. The summed E-state index contributed by atoms with van der Waals surface area (Å²) in [6.45, 7) is 1.81. The van der Waals surface area contributed by atoms with Crippen LogP contribution in [0.1, 0.15) is 18.2 Å². The number of ether oxygens (including phenoxy) is 1. The number of hydrogen-bond donors (Lipinski definition) is 1. The Hall–Kier alpha value is -2.02. The van der Waals surface area contributed by atoms with Crippen LogP contribution in [0.5, 0.6) is 5.75 Å². The molecule has 0 spiro atoms. The predicted octanol–water partition coefficient (Wildman–Crippen LogP) is 0.887. The van der Waals surface area contributed by atoms with Gasteiger partial charge >= 0.3 is 0 Å². The molecule has 7 heteroatoms. The second-order valence-corrected chi connectivity index (χ2v) is 4.44. The zero-order chi connectivity index (χ0) is 13.2. The molecule has 0 amide bonds. The first-order valence-electron chi connectivity index (χ1n) is 6.12. The van der Waals surface area contributed by atoms with Gasteiger partial charge in [0, 0.05) is 18.5 Å². The summed E-state index contributed by atoms with van der Waals surface area (Å²) in [5.41, 5.74) is 0.451. The Morgan fingerprint density at radius 3 is 3.11 bits per heavy atom. The van der Waals surface area contributed by atoms with Crippen molar-refractivity contribution in [2.24, 2.45) is 0 Å². The average molecular weight is 263 g/mol. The summed E-state index contributed by atoms with van der Waals surface area (Å²) >= 11 is 0. The molecule has 1 aliphatic heterocycles. The lowest BCUT2D eigenvalue weighted by molar-refractivity contribution is 0.408. The van der Waals surface area contributed by atoms with Crippen molar-refractivity contribution in [1.29, 1.82) is 0 Å². The van der Waals surface area contributed by atoms with Crippen LogP contribution in [-0.2, 0) is 0 Å². The lowest BCUT2D eigenvalue weighted by Crippen LogP contribution is -2.09. The van der Waals surface area contributed by atoms with Gasteiger partial charge in [0.25, 0.3) is 0 Å². The molecular weight excluding hydrogens is 249 g/mol. The average Bonchev–Trinajstić information content (AvgIpc) is 3.09. The van der Waals surface area contributed by atoms with Crippen LogP contribution >= 0.6 is 0 Å². The molecule has 1 unspecified atom stereocenters. The van der Waals surface area contributed by atoms with E-state index >= 15 is 0 Å². The first kappa shape index (κ1) is 12.0. The second-order valence-electron chi connectivity index (χ2n) is 4.44. The van der Waals surface area contributed by atoms with Gasteiger partial charge in [-0.2, -0.15) is 0 Å². The zero-order valence-electron chi connectivity index (χ0n) is 10.5. The van der Waals surface area contributed by atoms with Gasteiger partial charge < -0.3 is 10.1 Å². The molecule has 1 N–H and O–H groups in total. The normalized spacial score (nSPS) is 18.7. The van der Waals surface area contributed by atoms with Crippen molar-refractivity contribution in [2.75, 3.05) is 20.2 Å². The van der Waals surface area contributed by atoms with Gasteiger partial charge in [0.1, 0.15) is 17.3 Å². The summed E-state index contributed by atoms with van der Waals surface area (Å²) in [5, 5.41) is 15.6. The van der Waals surface area contributed by atoms with Gasteiger partial charge in [-0.25, -0.2) is 4.39 Å². The van der Waals surface area contributed by atoms with E-state index in [2.05, 4.69) is 20.7 Å². The number of tetrazole rings is 1. The van der Waals surface area contributed by atoms with E-state index in [4.69, 9.17) is 4.74 Å². The third-order valence-corrected chi connectivity index (χ3v) is 3.21. The Kier molecular flexibility index (Phi) is 3.12. The van der Waals surface area contributed by atoms with Crippen LogP contribution in [0.15, 0.2) is 18.2 Å². The van der Waals surface area contributed by atoms with E-state index < -0.39 is 0 Å². The van der Waals surface area contributed by atoms with Gasteiger partial charge in [-0.1, -0.05) is 0 Å². The molecule has 2 heterocycles. The molecule has 1 aromatic heterocycles. The summed E-state index contributed by atoms with van der Waals surface area (Å²) in [7, 11) is 1.52. The standard InChI is InChI=1S/C12H14FN5O/c1-19-11-3-2-9(13)6-10(11)18-16-12(15-17-18)8-4-5-14-7-8/h2-3,6,8,14H,4-5,7H2,1H3. The van der Waals surface area contributed by atoms with Crippen molar-refractivity contribution < 1.29 is 9.13 Å². The van der Waals surface area contributed by atoms with Crippen molar-refractivity contribution in [2.45, 2.75) is 12.3 Å². The van der Waals surface area contributed by atoms with Crippen LogP contribution < -0.4 is 10.1 Å². The lowest BCUT2D eigenvalue weighted by atomic mass is 10.1. The monoisotopic (exact) mass is 263 g/mol. The molecule has 0 bridgehead atoms. The van der Waals surface area contributed by atoms with Crippen LogP contribution in [0.25, 0.3) is 5.69 Å². The predicted molar refractivity (Wildman–Crippen MR) is 65.9 cm³/mol. The van der Waals surface area contributed by atoms with Crippen LogP contribution in [0, 0.1) is 5.82 Å². The first-order valence-corrected chi connectivity index (χ1v) is 6.12. The molecule has 0 saturated carbocycles. The van der Waals surface area contributed by atoms with E-state index in [1.807, 2.05) is 0 Å². The van der Waals surface area contributed by atoms with Gasteiger partial charge in [-0.15, -0.1) is 15.0 Å². The molecule has 19 heavy (non-hydrogen) atoms. The maximum absolute atomic E-state index is 13.3. The molecular formula is C12H14FN5O. The fourth-order valence-electron chi connectivity index (χ4n) is 2.19. The number of aromatic nitrogens is 4.